The number of rotatable bonds is 5. The monoisotopic (exact) mass is 232 g/mol. The second kappa shape index (κ2) is 5.57. The van der Waals surface area contributed by atoms with Gasteiger partial charge >= 0.3 is 5.69 Å². The van der Waals surface area contributed by atoms with Crippen molar-refractivity contribution in [2.24, 2.45) is 0 Å². The molecule has 90 valence electrons. The van der Waals surface area contributed by atoms with Crippen LogP contribution >= 0.6 is 0 Å². The Hall–Kier alpha value is -1.47. The molecule has 7 heteroatoms. The first-order chi connectivity index (χ1) is 7.58. The van der Waals surface area contributed by atoms with E-state index in [0.29, 0.717) is 0 Å². The lowest BCUT2D eigenvalue weighted by atomic mass is 10.4. The maximum atomic E-state index is 12.3. The van der Waals surface area contributed by atoms with Crippen molar-refractivity contribution < 1.29 is 14.2 Å². The Morgan fingerprint density at radius 1 is 1.62 bits per heavy atom. The maximum absolute atomic E-state index is 12.3. The second-order valence-corrected chi connectivity index (χ2v) is 3.21. The molecule has 0 saturated heterocycles. The molecule has 2 unspecified atom stereocenters. The zero-order chi connectivity index (χ0) is 12.1. The van der Waals surface area contributed by atoms with Crippen LogP contribution in [0.2, 0.25) is 0 Å². The van der Waals surface area contributed by atoms with Gasteiger partial charge in [0, 0.05) is 12.3 Å². The molecule has 0 saturated carbocycles. The SMILES string of the molecule is CC(OC(CO)CF)n1ccc(=O)[nH]c1=O. The third-order valence-corrected chi connectivity index (χ3v) is 2.01. The van der Waals surface area contributed by atoms with E-state index < -0.39 is 36.9 Å². The van der Waals surface area contributed by atoms with Crippen molar-refractivity contribution in [1.29, 1.82) is 0 Å². The van der Waals surface area contributed by atoms with Gasteiger partial charge in [-0.25, -0.2) is 9.18 Å². The van der Waals surface area contributed by atoms with E-state index in [1.54, 1.807) is 0 Å². The van der Waals surface area contributed by atoms with Crippen LogP contribution in [-0.4, -0.2) is 34.0 Å². The van der Waals surface area contributed by atoms with E-state index in [0.717, 1.165) is 10.6 Å². The van der Waals surface area contributed by atoms with E-state index in [1.807, 2.05) is 4.98 Å². The average Bonchev–Trinajstić information content (AvgIpc) is 2.25. The molecule has 16 heavy (non-hydrogen) atoms. The fourth-order valence-electron chi connectivity index (χ4n) is 1.19. The fraction of sp³-hybridized carbons (Fsp3) is 0.556. The average molecular weight is 232 g/mol. The van der Waals surface area contributed by atoms with Gasteiger partial charge in [-0.15, -0.1) is 0 Å². The number of nitrogens with one attached hydrogen (secondary N) is 1. The number of alkyl halides is 1. The third-order valence-electron chi connectivity index (χ3n) is 2.01. The topological polar surface area (TPSA) is 84.3 Å². The molecule has 2 atom stereocenters. The van der Waals surface area contributed by atoms with Crippen molar-refractivity contribution in [1.82, 2.24) is 9.55 Å². The molecule has 0 aliphatic rings. The van der Waals surface area contributed by atoms with Crippen molar-refractivity contribution in [3.63, 3.8) is 0 Å². The van der Waals surface area contributed by atoms with E-state index in [4.69, 9.17) is 9.84 Å². The van der Waals surface area contributed by atoms with Crippen LogP contribution in [-0.2, 0) is 4.74 Å². The third kappa shape index (κ3) is 3.01. The number of hydrogen-bond donors (Lipinski definition) is 2. The Morgan fingerprint density at radius 2 is 2.31 bits per heavy atom. The van der Waals surface area contributed by atoms with Gasteiger partial charge in [0.1, 0.15) is 19.0 Å². The molecule has 1 aromatic rings. The summed E-state index contributed by atoms with van der Waals surface area (Å²) < 4.78 is 18.4. The van der Waals surface area contributed by atoms with E-state index in [2.05, 4.69) is 0 Å². The summed E-state index contributed by atoms with van der Waals surface area (Å²) in [5.41, 5.74) is -1.16. The molecule has 1 heterocycles. The first kappa shape index (κ1) is 12.6. The van der Waals surface area contributed by atoms with Gasteiger partial charge in [0.25, 0.3) is 5.56 Å². The van der Waals surface area contributed by atoms with Crippen LogP contribution in [0.3, 0.4) is 0 Å². The van der Waals surface area contributed by atoms with Gasteiger partial charge in [0.15, 0.2) is 0 Å². The van der Waals surface area contributed by atoms with E-state index in [-0.39, 0.29) is 0 Å². The zero-order valence-electron chi connectivity index (χ0n) is 8.72. The Labute approximate surface area is 90.3 Å². The van der Waals surface area contributed by atoms with Crippen molar-refractivity contribution in [2.75, 3.05) is 13.3 Å². The molecular formula is C9H13FN2O4. The first-order valence-corrected chi connectivity index (χ1v) is 4.72. The Bertz CT molecular complexity index is 438. The fourth-order valence-corrected chi connectivity index (χ4v) is 1.19. The largest absolute Gasteiger partial charge is 0.394 e. The summed E-state index contributed by atoms with van der Waals surface area (Å²) in [6.07, 6.45) is -0.496. The molecule has 2 N–H and O–H groups in total. The standard InChI is InChI=1S/C9H13FN2O4/c1-6(16-7(4-10)5-13)12-3-2-8(14)11-9(12)15/h2-3,6-7,13H,4-5H2,1H3,(H,11,14,15). The zero-order valence-corrected chi connectivity index (χ0v) is 8.72. The number of aromatic amines is 1. The summed E-state index contributed by atoms with van der Waals surface area (Å²) >= 11 is 0. The highest BCUT2D eigenvalue weighted by Crippen LogP contribution is 2.07. The molecule has 0 amide bonds. The Kier molecular flexibility index (Phi) is 4.39. The van der Waals surface area contributed by atoms with Gasteiger partial charge in [0.2, 0.25) is 0 Å². The lowest BCUT2D eigenvalue weighted by molar-refractivity contribution is -0.0755. The summed E-state index contributed by atoms with van der Waals surface area (Å²) in [6.45, 7) is 0.190. The minimum Gasteiger partial charge on any atom is -0.394 e. The number of ether oxygens (including phenoxy) is 1. The van der Waals surface area contributed by atoms with E-state index in [1.165, 1.54) is 13.1 Å². The molecule has 1 rings (SSSR count). The summed E-state index contributed by atoms with van der Waals surface area (Å²) in [5, 5.41) is 8.73. The predicted octanol–water partition coefficient (Wildman–Crippen LogP) is -0.598. The molecule has 0 aliphatic heterocycles. The summed E-state index contributed by atoms with van der Waals surface area (Å²) in [5.74, 6) is 0. The molecule has 0 fully saturated rings. The first-order valence-electron chi connectivity index (χ1n) is 4.72. The molecule has 0 radical (unpaired) electrons. The lowest BCUT2D eigenvalue weighted by Crippen LogP contribution is -2.34. The molecular weight excluding hydrogens is 219 g/mol. The minimum absolute atomic E-state index is 0.473. The molecule has 0 spiro atoms. The normalized spacial score (nSPS) is 14.7. The van der Waals surface area contributed by atoms with Crippen LogP contribution in [0.15, 0.2) is 21.9 Å². The Morgan fingerprint density at radius 3 is 2.81 bits per heavy atom. The maximum Gasteiger partial charge on any atom is 0.330 e. The van der Waals surface area contributed by atoms with Crippen molar-refractivity contribution in [2.45, 2.75) is 19.3 Å². The summed E-state index contributed by atoms with van der Waals surface area (Å²) in [7, 11) is 0. The van der Waals surface area contributed by atoms with E-state index >= 15 is 0 Å². The molecule has 0 aliphatic carbocycles. The van der Waals surface area contributed by atoms with Gasteiger partial charge in [0.05, 0.1) is 6.61 Å². The predicted molar refractivity (Wildman–Crippen MR) is 54.0 cm³/mol. The van der Waals surface area contributed by atoms with Crippen LogP contribution < -0.4 is 11.2 Å². The van der Waals surface area contributed by atoms with E-state index in [9.17, 15) is 14.0 Å². The van der Waals surface area contributed by atoms with Crippen molar-refractivity contribution in [3.05, 3.63) is 33.1 Å². The van der Waals surface area contributed by atoms with Gasteiger partial charge in [-0.1, -0.05) is 0 Å². The molecule has 0 bridgehead atoms. The van der Waals surface area contributed by atoms with Gasteiger partial charge < -0.3 is 9.84 Å². The summed E-state index contributed by atoms with van der Waals surface area (Å²) in [4.78, 5) is 24.1. The quantitative estimate of drug-likeness (QED) is 0.710. The van der Waals surface area contributed by atoms with Gasteiger partial charge in [-0.3, -0.25) is 14.3 Å². The summed E-state index contributed by atoms with van der Waals surface area (Å²) in [6, 6.07) is 1.16. The smallest absolute Gasteiger partial charge is 0.330 e. The van der Waals surface area contributed by atoms with Gasteiger partial charge in [-0.2, -0.15) is 0 Å². The highest BCUT2D eigenvalue weighted by Gasteiger charge is 2.14. The van der Waals surface area contributed by atoms with Crippen LogP contribution in [0.25, 0.3) is 0 Å². The van der Waals surface area contributed by atoms with Crippen molar-refractivity contribution >= 4 is 0 Å². The minimum atomic E-state index is -0.978. The number of aromatic nitrogens is 2. The number of H-pyrrole nitrogens is 1. The number of nitrogens with zero attached hydrogens (tertiary/aromatic N) is 1. The van der Waals surface area contributed by atoms with Crippen LogP contribution in [0.1, 0.15) is 13.2 Å². The lowest BCUT2D eigenvalue weighted by Gasteiger charge is -2.19. The van der Waals surface area contributed by atoms with Crippen LogP contribution in [0.4, 0.5) is 4.39 Å². The highest BCUT2D eigenvalue weighted by molar-refractivity contribution is 4.83. The highest BCUT2D eigenvalue weighted by atomic mass is 19.1. The van der Waals surface area contributed by atoms with Crippen LogP contribution in [0, 0.1) is 0 Å². The number of aliphatic hydroxyl groups is 1. The van der Waals surface area contributed by atoms with Crippen LogP contribution in [0.5, 0.6) is 0 Å². The number of hydrogen-bond acceptors (Lipinski definition) is 4. The van der Waals surface area contributed by atoms with Crippen molar-refractivity contribution in [3.8, 4) is 0 Å². The molecule has 0 aromatic carbocycles. The molecule has 1 aromatic heterocycles. The second-order valence-electron chi connectivity index (χ2n) is 3.21. The number of aliphatic hydroxyl groups excluding tert-OH is 1. The van der Waals surface area contributed by atoms with Gasteiger partial charge in [-0.05, 0) is 6.92 Å². The number of halogens is 1. The molecule has 6 nitrogen and oxygen atoms in total. The Balaban J connectivity index is 2.84.